The quantitative estimate of drug-likeness (QED) is 0.622. The molecule has 0 N–H and O–H groups in total. The normalized spacial score (nSPS) is 11.9. The fraction of sp³-hybridized carbons (Fsp3) is 0.143. The monoisotopic (exact) mass is 340 g/mol. The van der Waals surface area contributed by atoms with Crippen LogP contribution in [0.2, 0.25) is 0 Å². The molecule has 0 atom stereocenters. The summed E-state index contributed by atoms with van der Waals surface area (Å²) >= 11 is 0. The summed E-state index contributed by atoms with van der Waals surface area (Å²) in [5, 5.41) is 3.95. The second-order valence-electron chi connectivity index (χ2n) is 5.92. The van der Waals surface area contributed by atoms with Gasteiger partial charge in [-0.15, -0.1) is 0 Å². The average Bonchev–Trinajstić information content (AvgIpc) is 2.67. The molecule has 3 aromatic carbocycles. The van der Waals surface area contributed by atoms with Gasteiger partial charge in [0.1, 0.15) is 0 Å². The molecule has 1 nitrogen and oxygen atoms in total. The molecule has 0 aliphatic carbocycles. The van der Waals surface area contributed by atoms with Gasteiger partial charge in [0.05, 0.1) is 0 Å². The summed E-state index contributed by atoms with van der Waals surface area (Å²) in [6, 6.07) is 29.4. The first-order chi connectivity index (χ1) is 11.7. The fourth-order valence-electron chi connectivity index (χ4n) is 3.10. The Morgan fingerprint density at radius 3 is 1.83 bits per heavy atom. The van der Waals surface area contributed by atoms with Crippen LogP contribution in [0.25, 0.3) is 0 Å². The molecule has 0 aliphatic heterocycles. The van der Waals surface area contributed by atoms with Crippen LogP contribution in [-0.4, -0.2) is 19.9 Å². The zero-order valence-corrected chi connectivity index (χ0v) is 14.8. The van der Waals surface area contributed by atoms with E-state index in [1.54, 1.807) is 0 Å². The van der Waals surface area contributed by atoms with Crippen LogP contribution in [0.5, 0.6) is 5.75 Å². The number of hydrogen-bond acceptors (Lipinski definition) is 1. The van der Waals surface area contributed by atoms with Crippen LogP contribution in [-0.2, 0) is 0 Å². The van der Waals surface area contributed by atoms with E-state index in [2.05, 4.69) is 67.3 Å². The molecule has 0 amide bonds. The van der Waals surface area contributed by atoms with Crippen LogP contribution in [0.15, 0.2) is 84.9 Å². The number of halogens is 1. The second-order valence-corrected chi connectivity index (χ2v) is 9.90. The van der Waals surface area contributed by atoms with Gasteiger partial charge in [0, 0.05) is 0 Å². The van der Waals surface area contributed by atoms with Crippen molar-refractivity contribution in [3.63, 3.8) is 0 Å². The number of rotatable bonds is 6. The standard InChI is InChI=1S/C21H22FOP/c1-24(19-10-4-2-5-11-19,20-12-6-3-7-13-20)21-14-8-9-18(17-21)23-16-15-22/h2-14,17,24H,15-16H2,1H3. The second kappa shape index (κ2) is 7.59. The van der Waals surface area contributed by atoms with E-state index in [9.17, 15) is 4.39 Å². The van der Waals surface area contributed by atoms with Gasteiger partial charge in [0.2, 0.25) is 0 Å². The molecule has 0 heterocycles. The van der Waals surface area contributed by atoms with Crippen LogP contribution in [0.3, 0.4) is 0 Å². The van der Waals surface area contributed by atoms with Crippen LogP contribution >= 0.6 is 7.26 Å². The van der Waals surface area contributed by atoms with E-state index in [4.69, 9.17) is 4.74 Å². The minimum absolute atomic E-state index is 0.0956. The number of benzene rings is 3. The predicted octanol–water partition coefficient (Wildman–Crippen LogP) is 3.69. The molecule has 0 unspecified atom stereocenters. The van der Waals surface area contributed by atoms with Gasteiger partial charge in [-0.2, -0.15) is 0 Å². The Hall–Kier alpha value is -2.18. The van der Waals surface area contributed by atoms with Crippen molar-refractivity contribution in [1.29, 1.82) is 0 Å². The Labute approximate surface area is 143 Å². The van der Waals surface area contributed by atoms with Gasteiger partial charge in [0.25, 0.3) is 0 Å². The third-order valence-corrected chi connectivity index (χ3v) is 8.90. The van der Waals surface area contributed by atoms with E-state index < -0.39 is 13.9 Å². The van der Waals surface area contributed by atoms with Crippen LogP contribution in [0, 0.1) is 0 Å². The molecular formula is C21H22FOP. The Morgan fingerprint density at radius 2 is 1.29 bits per heavy atom. The molecule has 3 heteroatoms. The van der Waals surface area contributed by atoms with Gasteiger partial charge in [-0.1, -0.05) is 0 Å². The number of ether oxygens (including phenoxy) is 1. The minimum atomic E-state index is -2.12. The van der Waals surface area contributed by atoms with Crippen LogP contribution in [0.4, 0.5) is 4.39 Å². The van der Waals surface area contributed by atoms with Gasteiger partial charge in [-0.05, 0) is 0 Å². The van der Waals surface area contributed by atoms with Crippen molar-refractivity contribution < 1.29 is 9.13 Å². The number of alkyl halides is 1. The third kappa shape index (κ3) is 3.34. The Balaban J connectivity index is 2.13. The van der Waals surface area contributed by atoms with E-state index in [0.717, 1.165) is 5.75 Å². The van der Waals surface area contributed by atoms with Crippen molar-refractivity contribution in [2.45, 2.75) is 0 Å². The Bertz CT molecular complexity index is 735. The zero-order valence-electron chi connectivity index (χ0n) is 13.8. The van der Waals surface area contributed by atoms with Gasteiger partial charge in [-0.25, -0.2) is 0 Å². The Morgan fingerprint density at radius 1 is 0.750 bits per heavy atom. The predicted molar refractivity (Wildman–Crippen MR) is 104 cm³/mol. The summed E-state index contributed by atoms with van der Waals surface area (Å²) in [6.07, 6.45) is 0. The van der Waals surface area contributed by atoms with Gasteiger partial charge >= 0.3 is 143 Å². The molecule has 124 valence electrons. The first-order valence-electron chi connectivity index (χ1n) is 8.15. The maximum atomic E-state index is 12.4. The van der Waals surface area contributed by atoms with E-state index in [0.29, 0.717) is 0 Å². The van der Waals surface area contributed by atoms with Gasteiger partial charge in [-0.3, -0.25) is 0 Å². The molecule has 3 rings (SSSR count). The Kier molecular flexibility index (Phi) is 5.27. The molecule has 0 saturated heterocycles. The molecular weight excluding hydrogens is 318 g/mol. The zero-order chi connectivity index (χ0) is 16.8. The van der Waals surface area contributed by atoms with E-state index in [1.165, 1.54) is 15.9 Å². The summed E-state index contributed by atoms with van der Waals surface area (Å²) in [7, 11) is -2.12. The van der Waals surface area contributed by atoms with E-state index in [-0.39, 0.29) is 6.61 Å². The number of hydrogen-bond donors (Lipinski definition) is 0. The average molecular weight is 340 g/mol. The molecule has 0 bridgehead atoms. The van der Waals surface area contributed by atoms with Crippen molar-refractivity contribution in [2.24, 2.45) is 0 Å². The van der Waals surface area contributed by atoms with Crippen molar-refractivity contribution in [3.8, 4) is 5.75 Å². The summed E-state index contributed by atoms with van der Waals surface area (Å²) in [4.78, 5) is 0. The summed E-state index contributed by atoms with van der Waals surface area (Å²) in [5.74, 6) is 0.732. The maximum absolute atomic E-state index is 12.4. The summed E-state index contributed by atoms with van der Waals surface area (Å²) < 4.78 is 17.9. The molecule has 0 saturated carbocycles. The molecule has 3 aromatic rings. The molecule has 0 aromatic heterocycles. The molecule has 0 fully saturated rings. The van der Waals surface area contributed by atoms with Gasteiger partial charge < -0.3 is 0 Å². The van der Waals surface area contributed by atoms with Crippen molar-refractivity contribution >= 4 is 23.2 Å². The molecule has 24 heavy (non-hydrogen) atoms. The molecule has 0 radical (unpaired) electrons. The summed E-state index contributed by atoms with van der Waals surface area (Å²) in [6.45, 7) is 1.97. The third-order valence-electron chi connectivity index (χ3n) is 4.46. The topological polar surface area (TPSA) is 9.23 Å². The molecule has 0 aliphatic rings. The van der Waals surface area contributed by atoms with E-state index >= 15 is 0 Å². The van der Waals surface area contributed by atoms with Crippen molar-refractivity contribution in [1.82, 2.24) is 0 Å². The fourth-order valence-corrected chi connectivity index (χ4v) is 6.68. The molecule has 0 spiro atoms. The van der Waals surface area contributed by atoms with Gasteiger partial charge in [0.15, 0.2) is 0 Å². The van der Waals surface area contributed by atoms with Crippen molar-refractivity contribution in [3.05, 3.63) is 84.9 Å². The van der Waals surface area contributed by atoms with Crippen LogP contribution in [0.1, 0.15) is 0 Å². The SMILES string of the molecule is C[PH](c1ccccc1)(c1ccccc1)c1cccc(OCCF)c1. The van der Waals surface area contributed by atoms with Crippen molar-refractivity contribution in [2.75, 3.05) is 19.9 Å². The first kappa shape index (κ1) is 16.7. The van der Waals surface area contributed by atoms with E-state index in [1.807, 2.05) is 24.3 Å². The first-order valence-corrected chi connectivity index (χ1v) is 10.7. The van der Waals surface area contributed by atoms with Crippen LogP contribution < -0.4 is 20.7 Å². The summed E-state index contributed by atoms with van der Waals surface area (Å²) in [5.41, 5.74) is 0.